The summed E-state index contributed by atoms with van der Waals surface area (Å²) in [6.07, 6.45) is -0.482. The van der Waals surface area contributed by atoms with Gasteiger partial charge in [-0.2, -0.15) is 0 Å². The lowest BCUT2D eigenvalue weighted by molar-refractivity contribution is 0.102. The Morgan fingerprint density at radius 1 is 0.971 bits per heavy atom. The van der Waals surface area contributed by atoms with E-state index in [0.29, 0.717) is 33.8 Å². The van der Waals surface area contributed by atoms with E-state index in [2.05, 4.69) is 10.2 Å². The second-order valence-corrected chi connectivity index (χ2v) is 8.45. The number of ketones is 1. The number of ether oxygens (including phenoxy) is 3. The number of para-hydroxylation sites is 1. The first-order valence-electron chi connectivity index (χ1n) is 10.8. The number of Topliss-reactive ketones (excluding diaryl/α,β-unsaturated/α-hetero) is 1. The third-order valence-electron chi connectivity index (χ3n) is 5.20. The molecule has 0 amide bonds. The molecule has 9 heteroatoms. The van der Waals surface area contributed by atoms with Crippen LogP contribution in [0.1, 0.15) is 29.2 Å². The van der Waals surface area contributed by atoms with Gasteiger partial charge in [0, 0.05) is 11.3 Å². The molecule has 0 N–H and O–H groups in total. The molecule has 3 aromatic carbocycles. The maximum Gasteiger partial charge on any atom is 0.196 e. The Bertz CT molecular complexity index is 1300. The molecule has 0 aliphatic heterocycles. The van der Waals surface area contributed by atoms with Gasteiger partial charge in [-0.25, -0.2) is 4.39 Å². The van der Waals surface area contributed by atoms with Crippen LogP contribution in [0, 0.1) is 5.82 Å². The number of thioether (sulfide) groups is 1. The molecule has 0 spiro atoms. The summed E-state index contributed by atoms with van der Waals surface area (Å²) < 4.78 is 31.7. The zero-order chi connectivity index (χ0) is 24.8. The fourth-order valence-corrected chi connectivity index (χ4v) is 4.30. The minimum absolute atomic E-state index is 0.0873. The Morgan fingerprint density at radius 3 is 2.37 bits per heavy atom. The molecule has 180 valence electrons. The SMILES string of the molecule is COc1ccc(C(=O)CSc2nnc(C(C)Oc3ccc(F)cc3)n2-c2ccccc2)cc1OC. The molecule has 0 bridgehead atoms. The monoisotopic (exact) mass is 493 g/mol. The first kappa shape index (κ1) is 24.3. The standard InChI is InChI=1S/C26H24FN3O4S/c1-17(34-21-12-10-19(27)11-13-21)25-28-29-26(30(25)20-7-5-4-6-8-20)35-16-22(31)18-9-14-23(32-2)24(15-18)33-3/h4-15,17H,16H2,1-3H3. The molecule has 0 aliphatic carbocycles. The van der Waals surface area contributed by atoms with E-state index in [1.54, 1.807) is 37.4 Å². The van der Waals surface area contributed by atoms with Crippen LogP contribution in [0.2, 0.25) is 0 Å². The molecule has 0 radical (unpaired) electrons. The summed E-state index contributed by atoms with van der Waals surface area (Å²) in [5, 5.41) is 9.24. The fourth-order valence-electron chi connectivity index (χ4n) is 3.45. The summed E-state index contributed by atoms with van der Waals surface area (Å²) in [6, 6.07) is 20.5. The first-order valence-corrected chi connectivity index (χ1v) is 11.8. The predicted molar refractivity (Wildman–Crippen MR) is 131 cm³/mol. The van der Waals surface area contributed by atoms with Gasteiger partial charge in [0.2, 0.25) is 0 Å². The molecule has 0 saturated carbocycles. The minimum Gasteiger partial charge on any atom is -0.493 e. The van der Waals surface area contributed by atoms with Gasteiger partial charge >= 0.3 is 0 Å². The topological polar surface area (TPSA) is 75.5 Å². The summed E-state index contributed by atoms with van der Waals surface area (Å²) in [5.41, 5.74) is 1.34. The van der Waals surface area contributed by atoms with Crippen molar-refractivity contribution in [1.29, 1.82) is 0 Å². The highest BCUT2D eigenvalue weighted by Gasteiger charge is 2.22. The van der Waals surface area contributed by atoms with Gasteiger partial charge in [0.25, 0.3) is 0 Å². The Labute approximate surface area is 206 Å². The third kappa shape index (κ3) is 5.63. The average molecular weight is 494 g/mol. The van der Waals surface area contributed by atoms with Gasteiger partial charge in [-0.1, -0.05) is 30.0 Å². The van der Waals surface area contributed by atoms with E-state index in [-0.39, 0.29) is 17.4 Å². The molecule has 7 nitrogen and oxygen atoms in total. The van der Waals surface area contributed by atoms with Crippen LogP contribution in [-0.2, 0) is 0 Å². The third-order valence-corrected chi connectivity index (χ3v) is 6.13. The smallest absolute Gasteiger partial charge is 0.196 e. The van der Waals surface area contributed by atoms with Crippen LogP contribution < -0.4 is 14.2 Å². The quantitative estimate of drug-likeness (QED) is 0.212. The Kier molecular flexibility index (Phi) is 7.67. The lowest BCUT2D eigenvalue weighted by Gasteiger charge is -2.16. The number of hydrogen-bond acceptors (Lipinski definition) is 7. The van der Waals surface area contributed by atoms with Gasteiger partial charge in [0.05, 0.1) is 20.0 Å². The first-order chi connectivity index (χ1) is 17.0. The number of carbonyl (C=O) groups excluding carboxylic acids is 1. The van der Waals surface area contributed by atoms with Crippen LogP contribution >= 0.6 is 11.8 Å². The Hall–Kier alpha value is -3.85. The van der Waals surface area contributed by atoms with Crippen molar-refractivity contribution in [2.45, 2.75) is 18.2 Å². The van der Waals surface area contributed by atoms with E-state index in [1.165, 1.54) is 31.0 Å². The lowest BCUT2D eigenvalue weighted by atomic mass is 10.1. The maximum absolute atomic E-state index is 13.3. The van der Waals surface area contributed by atoms with Crippen molar-refractivity contribution >= 4 is 17.5 Å². The fraction of sp³-hybridized carbons (Fsp3) is 0.192. The van der Waals surface area contributed by atoms with Crippen LogP contribution in [0.4, 0.5) is 4.39 Å². The molecule has 1 atom stereocenters. The van der Waals surface area contributed by atoms with E-state index in [1.807, 2.05) is 41.8 Å². The number of carbonyl (C=O) groups is 1. The largest absolute Gasteiger partial charge is 0.493 e. The zero-order valence-corrected chi connectivity index (χ0v) is 20.3. The number of hydrogen-bond donors (Lipinski definition) is 0. The molecule has 35 heavy (non-hydrogen) atoms. The molecule has 0 saturated heterocycles. The van der Waals surface area contributed by atoms with Gasteiger partial charge in [-0.05, 0) is 61.5 Å². The van der Waals surface area contributed by atoms with Crippen molar-refractivity contribution in [2.24, 2.45) is 0 Å². The molecule has 1 unspecified atom stereocenters. The van der Waals surface area contributed by atoms with Crippen LogP contribution in [0.3, 0.4) is 0 Å². The highest BCUT2D eigenvalue weighted by atomic mass is 32.2. The summed E-state index contributed by atoms with van der Waals surface area (Å²) in [5.74, 6) is 1.84. The van der Waals surface area contributed by atoms with Gasteiger partial charge in [0.15, 0.2) is 34.4 Å². The summed E-state index contributed by atoms with van der Waals surface area (Å²) in [7, 11) is 3.07. The molecule has 1 heterocycles. The summed E-state index contributed by atoms with van der Waals surface area (Å²) in [4.78, 5) is 12.9. The van der Waals surface area contributed by atoms with Gasteiger partial charge in [0.1, 0.15) is 11.6 Å². The molecule has 0 aliphatic rings. The Morgan fingerprint density at radius 2 is 1.69 bits per heavy atom. The second-order valence-electron chi connectivity index (χ2n) is 7.51. The molecular formula is C26H24FN3O4S. The van der Waals surface area contributed by atoms with E-state index < -0.39 is 6.10 Å². The number of benzene rings is 3. The number of halogens is 1. The average Bonchev–Trinajstić information content (AvgIpc) is 3.32. The molecule has 4 aromatic rings. The maximum atomic E-state index is 13.3. The molecular weight excluding hydrogens is 469 g/mol. The Balaban J connectivity index is 1.57. The van der Waals surface area contributed by atoms with Crippen LogP contribution in [0.5, 0.6) is 17.2 Å². The van der Waals surface area contributed by atoms with Crippen molar-refractivity contribution in [3.8, 4) is 22.9 Å². The highest BCUT2D eigenvalue weighted by molar-refractivity contribution is 7.99. The zero-order valence-electron chi connectivity index (χ0n) is 19.5. The predicted octanol–water partition coefficient (Wildman–Crippen LogP) is 5.54. The number of nitrogens with zero attached hydrogens (tertiary/aromatic N) is 3. The lowest BCUT2D eigenvalue weighted by Crippen LogP contribution is -2.12. The highest BCUT2D eigenvalue weighted by Crippen LogP contribution is 2.30. The normalized spacial score (nSPS) is 11.7. The van der Waals surface area contributed by atoms with Crippen molar-refractivity contribution in [3.63, 3.8) is 0 Å². The second kappa shape index (κ2) is 11.1. The van der Waals surface area contributed by atoms with Crippen LogP contribution in [0.15, 0.2) is 78.0 Å². The molecule has 1 aromatic heterocycles. The van der Waals surface area contributed by atoms with Crippen molar-refractivity contribution in [3.05, 3.63) is 90.0 Å². The van der Waals surface area contributed by atoms with Crippen molar-refractivity contribution < 1.29 is 23.4 Å². The van der Waals surface area contributed by atoms with Gasteiger partial charge < -0.3 is 14.2 Å². The van der Waals surface area contributed by atoms with E-state index in [9.17, 15) is 9.18 Å². The van der Waals surface area contributed by atoms with E-state index in [4.69, 9.17) is 14.2 Å². The van der Waals surface area contributed by atoms with Crippen LogP contribution in [-0.4, -0.2) is 40.5 Å². The number of methoxy groups -OCH3 is 2. The molecule has 4 rings (SSSR count). The summed E-state index contributed by atoms with van der Waals surface area (Å²) in [6.45, 7) is 1.84. The van der Waals surface area contributed by atoms with Gasteiger partial charge in [-0.3, -0.25) is 9.36 Å². The number of aromatic nitrogens is 3. The van der Waals surface area contributed by atoms with Crippen LogP contribution in [0.25, 0.3) is 5.69 Å². The summed E-state index contributed by atoms with van der Waals surface area (Å²) >= 11 is 1.28. The van der Waals surface area contributed by atoms with Crippen molar-refractivity contribution in [1.82, 2.24) is 14.8 Å². The van der Waals surface area contributed by atoms with Gasteiger partial charge in [-0.15, -0.1) is 10.2 Å². The minimum atomic E-state index is -0.482. The number of rotatable bonds is 10. The molecule has 0 fully saturated rings. The van der Waals surface area contributed by atoms with E-state index in [0.717, 1.165) is 5.69 Å². The van der Waals surface area contributed by atoms with E-state index >= 15 is 0 Å². The van der Waals surface area contributed by atoms with Crippen molar-refractivity contribution in [2.75, 3.05) is 20.0 Å².